The summed E-state index contributed by atoms with van der Waals surface area (Å²) in [5.74, 6) is -1.04. The van der Waals surface area contributed by atoms with Gasteiger partial charge in [0, 0.05) is 38.5 Å². The fraction of sp³-hybridized carbons (Fsp3) is 0.300. The molecule has 1 aliphatic heterocycles. The molecule has 1 heterocycles. The number of carbonyl (C=O) groups excluding carboxylic acids is 6. The summed E-state index contributed by atoms with van der Waals surface area (Å²) in [7, 11) is -5.45. The van der Waals surface area contributed by atoms with Gasteiger partial charge in [0.25, 0.3) is 0 Å². The monoisotopic (exact) mass is 1210 g/mol. The molecule has 0 bridgehead atoms. The Morgan fingerprint density at radius 2 is 0.381 bits per heavy atom. The van der Waals surface area contributed by atoms with Crippen molar-refractivity contribution < 1.29 is 84.3 Å². The van der Waals surface area contributed by atoms with E-state index in [2.05, 4.69) is 0 Å². The highest BCUT2D eigenvalue weighted by molar-refractivity contribution is 7.79. The van der Waals surface area contributed by atoms with E-state index in [9.17, 15) is 28.8 Å². The Hall–Kier alpha value is -8.37. The Bertz CT molecular complexity index is 2810. The van der Waals surface area contributed by atoms with Crippen molar-refractivity contribution in [3.63, 3.8) is 0 Å². The van der Waals surface area contributed by atoms with E-state index in [4.69, 9.17) is 69.1 Å². The maximum Gasteiger partial charge on any atom is 0.460 e. The van der Waals surface area contributed by atoms with E-state index in [1.165, 1.54) is 42.7 Å². The van der Waals surface area contributed by atoms with Crippen molar-refractivity contribution in [3.05, 3.63) is 179 Å². The lowest BCUT2D eigenvalue weighted by atomic mass is 10.1. The minimum Gasteiger partial charge on any atom is -0.469 e. The van der Waals surface area contributed by atoms with Crippen LogP contribution in [0.3, 0.4) is 0 Å². The number of nitrogens with zero attached hydrogens (tertiary/aromatic N) is 3. The van der Waals surface area contributed by atoms with E-state index in [0.29, 0.717) is 38.5 Å². The van der Waals surface area contributed by atoms with Crippen molar-refractivity contribution in [3.8, 4) is 34.5 Å². The van der Waals surface area contributed by atoms with Gasteiger partial charge in [-0.15, -0.1) is 0 Å². The van der Waals surface area contributed by atoms with Crippen LogP contribution in [0.25, 0.3) is 0 Å². The number of rotatable bonds is 30. The molecule has 0 saturated heterocycles. The van der Waals surface area contributed by atoms with Crippen LogP contribution >= 0.6 is 23.0 Å². The Morgan fingerprint density at radius 3 is 0.500 bits per heavy atom. The third-order valence-electron chi connectivity index (χ3n) is 12.6. The van der Waals surface area contributed by atoms with E-state index < -0.39 is 23.0 Å². The smallest absolute Gasteiger partial charge is 0.460 e. The van der Waals surface area contributed by atoms with Gasteiger partial charge in [-0.2, -0.15) is 0 Å². The molecule has 0 aliphatic carbocycles. The summed E-state index contributed by atoms with van der Waals surface area (Å²) in [5.41, 5.74) is 4.71. The second-order valence-electron chi connectivity index (χ2n) is 18.6. The Labute approximate surface area is 487 Å². The lowest BCUT2D eigenvalue weighted by Crippen LogP contribution is -2.11. The van der Waals surface area contributed by atoms with Gasteiger partial charge in [-0.05, 0) is 145 Å². The zero-order chi connectivity index (χ0) is 60.0. The Kier molecular flexibility index (Phi) is 23.2. The first-order chi connectivity index (χ1) is 40.5. The van der Waals surface area contributed by atoms with E-state index in [1.54, 1.807) is 146 Å². The first-order valence-corrected chi connectivity index (χ1v) is 31.2. The van der Waals surface area contributed by atoms with E-state index in [-0.39, 0.29) is 109 Å². The highest BCUT2D eigenvalue weighted by Crippen LogP contribution is 2.78. The van der Waals surface area contributed by atoms with Crippen LogP contribution in [0.2, 0.25) is 0 Å². The molecule has 0 amide bonds. The summed E-state index contributed by atoms with van der Waals surface area (Å²) in [6, 6.07) is 41.4. The van der Waals surface area contributed by atoms with Gasteiger partial charge in [0.2, 0.25) is 0 Å². The predicted molar refractivity (Wildman–Crippen MR) is 312 cm³/mol. The minimum atomic E-state index is -4.47. The maximum absolute atomic E-state index is 12.2. The van der Waals surface area contributed by atoms with Gasteiger partial charge in [0.1, 0.15) is 34.5 Å². The van der Waals surface area contributed by atoms with Crippen LogP contribution in [-0.4, -0.2) is 78.5 Å². The predicted octanol–water partition coefficient (Wildman–Crippen LogP) is 12.9. The summed E-state index contributed by atoms with van der Waals surface area (Å²) in [4.78, 5) is 73.1. The average Bonchev–Trinajstić information content (AvgIpc) is 1.11. The molecule has 0 radical (unpaired) electrons. The molecule has 21 nitrogen and oxygen atoms in total. The molecule has 0 fully saturated rings. The normalized spacial score (nSPS) is 13.4. The van der Waals surface area contributed by atoms with E-state index in [1.807, 2.05) is 0 Å². The first kappa shape index (κ1) is 63.2. The van der Waals surface area contributed by atoms with Crippen molar-refractivity contribution in [1.82, 2.24) is 0 Å². The summed E-state index contributed by atoms with van der Waals surface area (Å²) < 4.78 is 87.8. The number of carbonyl (C=O) groups is 6. The lowest BCUT2D eigenvalue weighted by Gasteiger charge is -2.33. The van der Waals surface area contributed by atoms with Crippen LogP contribution in [0.5, 0.6) is 34.5 Å². The molecule has 1 aliphatic rings. The third-order valence-corrected chi connectivity index (χ3v) is 20.8. The largest absolute Gasteiger partial charge is 0.469 e. The molecule has 0 spiro atoms. The number of benzene rings is 6. The molecule has 6 aromatic rings. The summed E-state index contributed by atoms with van der Waals surface area (Å²) in [6.07, 6.45) is 2.90. The minimum absolute atomic E-state index is 0.124. The fourth-order valence-electron chi connectivity index (χ4n) is 7.97. The number of hydrogen-bond donors (Lipinski definition) is 0. The number of aryl methyl sites for hydroxylation is 6. The van der Waals surface area contributed by atoms with Crippen molar-refractivity contribution in [2.45, 2.75) is 77.0 Å². The number of ether oxygens (including phenoxy) is 6. The van der Waals surface area contributed by atoms with E-state index >= 15 is 0 Å². The number of esters is 6. The molecule has 0 unspecified atom stereocenters. The molecule has 7 rings (SSSR count). The zero-order valence-corrected chi connectivity index (χ0v) is 50.1. The van der Waals surface area contributed by atoms with Crippen LogP contribution in [0.4, 0.5) is 0 Å². The Morgan fingerprint density at radius 1 is 0.250 bits per heavy atom. The fourth-order valence-corrected chi connectivity index (χ4v) is 17.0. The van der Waals surface area contributed by atoms with Crippen LogP contribution in [0.1, 0.15) is 71.9 Å². The van der Waals surface area contributed by atoms with Gasteiger partial charge < -0.3 is 55.6 Å². The summed E-state index contributed by atoms with van der Waals surface area (Å²) in [5, 5.41) is 0. The molecule has 6 aromatic carbocycles. The summed E-state index contributed by atoms with van der Waals surface area (Å²) >= 11 is 0. The van der Waals surface area contributed by atoms with Crippen LogP contribution in [-0.2, 0) is 95.7 Å². The molecule has 0 N–H and O–H groups in total. The molecule has 444 valence electrons. The quantitative estimate of drug-likeness (QED) is 0.0231. The molecular formula is C60H66N3O18P3. The maximum atomic E-state index is 12.2. The first-order valence-electron chi connectivity index (χ1n) is 26.6. The number of hydrogen-bond acceptors (Lipinski definition) is 21. The highest BCUT2D eigenvalue weighted by atomic mass is 31.3. The van der Waals surface area contributed by atoms with Crippen LogP contribution in [0.15, 0.2) is 159 Å². The molecule has 84 heavy (non-hydrogen) atoms. The summed E-state index contributed by atoms with van der Waals surface area (Å²) in [6.45, 7) is 0. The van der Waals surface area contributed by atoms with Gasteiger partial charge in [-0.1, -0.05) is 86.3 Å². The SMILES string of the molecule is COC(=O)CCc1ccc(OP2(Oc3ccc(CCC(=O)OC)cc3)=NP(Oc3ccc(CCC(=O)OC)cc3)(Oc3ccc(CCC(=O)OC)cc3)=NP(Oc3ccc(CCC(=O)OC)cc3)(Oc3ccc(CCC(=O)OC)cc3)=N2)cc1. The van der Waals surface area contributed by atoms with Crippen LogP contribution < -0.4 is 27.1 Å². The van der Waals surface area contributed by atoms with Crippen molar-refractivity contribution in [1.29, 1.82) is 0 Å². The molecule has 0 saturated carbocycles. The molecule has 0 atom stereocenters. The lowest BCUT2D eigenvalue weighted by molar-refractivity contribution is -0.141. The van der Waals surface area contributed by atoms with Crippen molar-refractivity contribution >= 4 is 58.8 Å². The topological polar surface area (TPSA) is 250 Å². The van der Waals surface area contributed by atoms with Gasteiger partial charge in [0.05, 0.1) is 42.7 Å². The van der Waals surface area contributed by atoms with Gasteiger partial charge in [-0.25, -0.2) is 0 Å². The van der Waals surface area contributed by atoms with E-state index in [0.717, 1.165) is 33.4 Å². The van der Waals surface area contributed by atoms with Gasteiger partial charge in [-0.3, -0.25) is 28.8 Å². The number of methoxy groups -OCH3 is 6. The standard InChI is InChI=1S/C60H66N3O18P3/c1-70-55(64)37-19-43-7-25-49(26-8-43)76-82(77-50-27-9-44(10-28-50)20-38-56(65)71-2)61-83(78-51-29-11-45(12-30-51)21-39-57(66)72-3,79-52-31-13-46(14-32-52)22-40-58(67)73-4)63-84(62-82,80-53-33-15-47(16-34-53)23-41-59(68)74-5)81-54-35-17-48(18-36-54)24-42-60(69)75-6/h7-18,25-36H,19-24,37-42H2,1-6H3. The molecule has 0 aromatic heterocycles. The van der Waals surface area contributed by atoms with Crippen molar-refractivity contribution in [2.75, 3.05) is 42.7 Å². The second kappa shape index (κ2) is 30.8. The van der Waals surface area contributed by atoms with Crippen LogP contribution in [0, 0.1) is 0 Å². The van der Waals surface area contributed by atoms with Gasteiger partial charge >= 0.3 is 58.8 Å². The highest BCUT2D eigenvalue weighted by Gasteiger charge is 2.49. The average molecular weight is 1210 g/mol. The second-order valence-corrected chi connectivity index (χ2v) is 24.8. The molecular weight excluding hydrogens is 1140 g/mol. The molecule has 24 heteroatoms. The Balaban J connectivity index is 1.51. The third kappa shape index (κ3) is 19.4. The van der Waals surface area contributed by atoms with Gasteiger partial charge in [0.15, 0.2) is 0 Å². The van der Waals surface area contributed by atoms with Crippen molar-refractivity contribution in [2.24, 2.45) is 13.5 Å². The zero-order valence-electron chi connectivity index (χ0n) is 47.4.